The van der Waals surface area contributed by atoms with Gasteiger partial charge in [0.25, 0.3) is 0 Å². The molecule has 1 aliphatic heterocycles. The van der Waals surface area contributed by atoms with Gasteiger partial charge in [-0.1, -0.05) is 35.0 Å². The predicted octanol–water partition coefficient (Wildman–Crippen LogP) is 4.11. The van der Waals surface area contributed by atoms with Crippen LogP contribution in [-0.2, 0) is 9.59 Å². The van der Waals surface area contributed by atoms with Crippen molar-refractivity contribution >= 4 is 63.3 Å². The van der Waals surface area contributed by atoms with Gasteiger partial charge in [0.15, 0.2) is 5.17 Å². The maximum Gasteiger partial charge on any atom is 0.247 e. The second kappa shape index (κ2) is 9.51. The van der Waals surface area contributed by atoms with E-state index in [9.17, 15) is 9.59 Å². The number of ether oxygens (including phenoxy) is 1. The van der Waals surface area contributed by atoms with E-state index in [-0.39, 0.29) is 28.2 Å². The number of thioether (sulfide) groups is 1. The molecule has 10 heteroatoms. The molecule has 1 aliphatic rings. The normalized spacial score (nSPS) is 17.6. The first-order valence-electron chi connectivity index (χ1n) is 8.80. The maximum absolute atomic E-state index is 12.8. The van der Waals surface area contributed by atoms with Crippen molar-refractivity contribution in [3.05, 3.63) is 58.1 Å². The number of benzene rings is 2. The molecular weight excluding hydrogens is 447 g/mol. The summed E-state index contributed by atoms with van der Waals surface area (Å²) >= 11 is 13.1. The highest BCUT2D eigenvalue weighted by Crippen LogP contribution is 2.35. The van der Waals surface area contributed by atoms with E-state index in [1.54, 1.807) is 20.1 Å². The topological polar surface area (TPSA) is 97.3 Å². The largest absolute Gasteiger partial charge is 0.497 e. The van der Waals surface area contributed by atoms with E-state index in [1.165, 1.54) is 12.1 Å². The molecule has 0 bridgehead atoms. The first kappa shape index (κ1) is 22.1. The highest BCUT2D eigenvalue weighted by Gasteiger charge is 2.41. The van der Waals surface area contributed by atoms with Gasteiger partial charge >= 0.3 is 0 Å². The van der Waals surface area contributed by atoms with Crippen molar-refractivity contribution in [1.82, 2.24) is 0 Å². The molecule has 0 spiro atoms. The number of nitrogens with two attached hydrogens (primary N) is 1. The standard InChI is InChI=1S/C20H18Cl2N4O3S/c1-11(12-3-6-14(29-2)7-4-12)24-25-20(23)30-17-10-18(27)26(19(17)28)16-9-13(21)5-8-15(16)22/h3-9,17H,10H2,1-2H3,(H2,23,25)/t17-/m0/s1. The Morgan fingerprint density at radius 2 is 1.87 bits per heavy atom. The number of hydrogen-bond donors (Lipinski definition) is 1. The molecule has 0 aromatic heterocycles. The number of amidine groups is 1. The van der Waals surface area contributed by atoms with Crippen LogP contribution in [0.1, 0.15) is 18.9 Å². The Morgan fingerprint density at radius 3 is 2.53 bits per heavy atom. The van der Waals surface area contributed by atoms with Crippen LogP contribution >= 0.6 is 35.0 Å². The van der Waals surface area contributed by atoms with Gasteiger partial charge < -0.3 is 10.5 Å². The van der Waals surface area contributed by atoms with E-state index in [1.807, 2.05) is 24.3 Å². The van der Waals surface area contributed by atoms with Crippen LogP contribution in [0, 0.1) is 0 Å². The lowest BCUT2D eigenvalue weighted by atomic mass is 10.1. The minimum Gasteiger partial charge on any atom is -0.497 e. The number of anilines is 1. The average molecular weight is 465 g/mol. The summed E-state index contributed by atoms with van der Waals surface area (Å²) in [4.78, 5) is 26.2. The Labute approximate surface area is 187 Å². The highest BCUT2D eigenvalue weighted by molar-refractivity contribution is 8.14. The van der Waals surface area contributed by atoms with E-state index in [0.29, 0.717) is 10.7 Å². The van der Waals surface area contributed by atoms with Gasteiger partial charge in [0, 0.05) is 11.4 Å². The molecule has 2 amide bonds. The van der Waals surface area contributed by atoms with Crippen LogP contribution in [0.15, 0.2) is 52.7 Å². The predicted molar refractivity (Wildman–Crippen MR) is 122 cm³/mol. The molecule has 3 rings (SSSR count). The molecule has 2 aromatic carbocycles. The lowest BCUT2D eigenvalue weighted by Gasteiger charge is -2.16. The number of halogens is 2. The Bertz CT molecular complexity index is 1040. The highest BCUT2D eigenvalue weighted by atomic mass is 35.5. The van der Waals surface area contributed by atoms with Crippen molar-refractivity contribution in [2.75, 3.05) is 12.0 Å². The van der Waals surface area contributed by atoms with Crippen LogP contribution < -0.4 is 15.4 Å². The summed E-state index contributed by atoms with van der Waals surface area (Å²) in [6.45, 7) is 1.79. The van der Waals surface area contributed by atoms with Gasteiger partial charge in [0.1, 0.15) is 11.0 Å². The summed E-state index contributed by atoms with van der Waals surface area (Å²) in [7, 11) is 1.59. The lowest BCUT2D eigenvalue weighted by Crippen LogP contribution is -2.32. The van der Waals surface area contributed by atoms with Crippen LogP contribution in [-0.4, -0.2) is 35.1 Å². The van der Waals surface area contributed by atoms with Crippen LogP contribution in [0.25, 0.3) is 0 Å². The molecule has 1 heterocycles. The Hall–Kier alpha value is -2.55. The van der Waals surface area contributed by atoms with E-state index in [2.05, 4.69) is 10.2 Å². The molecule has 1 atom stereocenters. The van der Waals surface area contributed by atoms with E-state index in [4.69, 9.17) is 33.7 Å². The number of rotatable bonds is 5. The Balaban J connectivity index is 1.71. The number of hydrogen-bond acceptors (Lipinski definition) is 6. The number of imide groups is 1. The van der Waals surface area contributed by atoms with Gasteiger partial charge in [-0.05, 0) is 55.0 Å². The molecular formula is C20H18Cl2N4O3S. The first-order chi connectivity index (χ1) is 14.3. The van der Waals surface area contributed by atoms with Gasteiger partial charge in [-0.2, -0.15) is 5.10 Å². The van der Waals surface area contributed by atoms with Crippen molar-refractivity contribution in [3.8, 4) is 5.75 Å². The molecule has 7 nitrogen and oxygen atoms in total. The zero-order valence-electron chi connectivity index (χ0n) is 16.1. The number of methoxy groups -OCH3 is 1. The lowest BCUT2D eigenvalue weighted by molar-refractivity contribution is -0.121. The second-order valence-electron chi connectivity index (χ2n) is 6.33. The first-order valence-corrected chi connectivity index (χ1v) is 10.4. The van der Waals surface area contributed by atoms with Crippen molar-refractivity contribution < 1.29 is 14.3 Å². The fourth-order valence-electron chi connectivity index (χ4n) is 2.79. The minimum absolute atomic E-state index is 0.0241. The molecule has 2 N–H and O–H groups in total. The van der Waals surface area contributed by atoms with Crippen LogP contribution in [0.3, 0.4) is 0 Å². The van der Waals surface area contributed by atoms with Crippen molar-refractivity contribution in [3.63, 3.8) is 0 Å². The van der Waals surface area contributed by atoms with Gasteiger partial charge in [-0.3, -0.25) is 9.59 Å². The number of amides is 2. The number of carbonyl (C=O) groups excluding carboxylic acids is 2. The SMILES string of the molecule is COc1ccc(C(C)=NN=C(N)S[C@H]2CC(=O)N(c3cc(Cl)ccc3Cl)C2=O)cc1. The molecule has 2 aromatic rings. The fraction of sp³-hybridized carbons (Fsp3) is 0.200. The van der Waals surface area contributed by atoms with E-state index < -0.39 is 11.2 Å². The fourth-order valence-corrected chi connectivity index (χ4v) is 3.97. The Morgan fingerprint density at radius 1 is 1.17 bits per heavy atom. The van der Waals surface area contributed by atoms with Gasteiger partial charge in [-0.25, -0.2) is 4.90 Å². The minimum atomic E-state index is -0.715. The number of carbonyl (C=O) groups is 2. The summed E-state index contributed by atoms with van der Waals surface area (Å²) in [6, 6.07) is 11.9. The molecule has 156 valence electrons. The zero-order chi connectivity index (χ0) is 21.8. The van der Waals surface area contributed by atoms with Gasteiger partial charge in [0.2, 0.25) is 11.8 Å². The summed E-state index contributed by atoms with van der Waals surface area (Å²) in [5, 5.41) is 8.08. The summed E-state index contributed by atoms with van der Waals surface area (Å²) < 4.78 is 5.12. The summed E-state index contributed by atoms with van der Waals surface area (Å²) in [6.07, 6.45) is -0.0241. The second-order valence-corrected chi connectivity index (χ2v) is 8.39. The average Bonchev–Trinajstić information content (AvgIpc) is 3.01. The summed E-state index contributed by atoms with van der Waals surface area (Å²) in [5.41, 5.74) is 7.68. The smallest absolute Gasteiger partial charge is 0.247 e. The van der Waals surface area contributed by atoms with Crippen LogP contribution in [0.4, 0.5) is 5.69 Å². The van der Waals surface area contributed by atoms with E-state index in [0.717, 1.165) is 28.0 Å². The van der Waals surface area contributed by atoms with Gasteiger partial charge in [-0.15, -0.1) is 5.10 Å². The van der Waals surface area contributed by atoms with Crippen molar-refractivity contribution in [2.45, 2.75) is 18.6 Å². The molecule has 0 unspecified atom stereocenters. The molecule has 1 fully saturated rings. The Kier molecular flexibility index (Phi) is 7.02. The monoisotopic (exact) mass is 464 g/mol. The van der Waals surface area contributed by atoms with Crippen molar-refractivity contribution in [1.29, 1.82) is 0 Å². The number of nitrogens with zero attached hydrogens (tertiary/aromatic N) is 3. The zero-order valence-corrected chi connectivity index (χ0v) is 18.5. The summed E-state index contributed by atoms with van der Waals surface area (Å²) in [5.74, 6) is -0.0746. The molecule has 30 heavy (non-hydrogen) atoms. The molecule has 1 saturated heterocycles. The third-order valence-corrected chi connectivity index (χ3v) is 5.85. The third kappa shape index (κ3) is 4.95. The molecule has 0 radical (unpaired) electrons. The van der Waals surface area contributed by atoms with Gasteiger partial charge in [0.05, 0.1) is 23.5 Å². The quantitative estimate of drug-likeness (QED) is 0.310. The van der Waals surface area contributed by atoms with E-state index >= 15 is 0 Å². The molecule has 0 saturated carbocycles. The van der Waals surface area contributed by atoms with Crippen LogP contribution in [0.2, 0.25) is 10.0 Å². The van der Waals surface area contributed by atoms with Crippen molar-refractivity contribution in [2.24, 2.45) is 15.9 Å². The van der Waals surface area contributed by atoms with Crippen LogP contribution in [0.5, 0.6) is 5.75 Å². The third-order valence-electron chi connectivity index (χ3n) is 4.32. The maximum atomic E-state index is 12.8. The molecule has 0 aliphatic carbocycles.